The van der Waals surface area contributed by atoms with Crippen LogP contribution in [0, 0.1) is 13.8 Å². The van der Waals surface area contributed by atoms with Gasteiger partial charge in [-0.3, -0.25) is 9.48 Å². The van der Waals surface area contributed by atoms with Crippen molar-refractivity contribution in [1.82, 2.24) is 15.1 Å². The zero-order valence-electron chi connectivity index (χ0n) is 13.9. The maximum Gasteiger partial charge on any atom is 0.221 e. The third-order valence-electron chi connectivity index (χ3n) is 3.88. The number of aryl methyl sites for hydroxylation is 2. The number of benzene rings is 1. The molecule has 1 atom stereocenters. The molecule has 2 rings (SSSR count). The van der Waals surface area contributed by atoms with Crippen molar-refractivity contribution in [3.8, 4) is 0 Å². The van der Waals surface area contributed by atoms with E-state index in [0.717, 1.165) is 17.9 Å². The highest BCUT2D eigenvalue weighted by Gasteiger charge is 2.15. The van der Waals surface area contributed by atoms with E-state index >= 15 is 0 Å². The molecule has 118 valence electrons. The highest BCUT2D eigenvalue weighted by Crippen LogP contribution is 2.21. The minimum Gasteiger partial charge on any atom is -0.326 e. The van der Waals surface area contributed by atoms with Crippen LogP contribution >= 0.6 is 0 Å². The molecule has 0 saturated carbocycles. The lowest BCUT2D eigenvalue weighted by Crippen LogP contribution is -2.19. The van der Waals surface area contributed by atoms with Gasteiger partial charge in [0.25, 0.3) is 0 Å². The van der Waals surface area contributed by atoms with E-state index in [2.05, 4.69) is 29.6 Å². The molecule has 0 fully saturated rings. The summed E-state index contributed by atoms with van der Waals surface area (Å²) in [6.07, 6.45) is 0. The molecule has 0 aliphatic heterocycles. The predicted molar refractivity (Wildman–Crippen MR) is 88.7 cm³/mol. The van der Waals surface area contributed by atoms with Crippen molar-refractivity contribution < 1.29 is 4.79 Å². The van der Waals surface area contributed by atoms with Crippen molar-refractivity contribution in [2.24, 2.45) is 7.05 Å². The van der Waals surface area contributed by atoms with Gasteiger partial charge in [0, 0.05) is 43.5 Å². The molecule has 2 N–H and O–H groups in total. The van der Waals surface area contributed by atoms with Crippen molar-refractivity contribution in [2.45, 2.75) is 40.3 Å². The Balaban J connectivity index is 1.99. The van der Waals surface area contributed by atoms with E-state index in [-0.39, 0.29) is 11.9 Å². The van der Waals surface area contributed by atoms with Crippen LogP contribution in [0.3, 0.4) is 0 Å². The van der Waals surface area contributed by atoms with Crippen molar-refractivity contribution in [1.29, 1.82) is 0 Å². The summed E-state index contributed by atoms with van der Waals surface area (Å²) in [7, 11) is 1.97. The molecule has 0 aliphatic rings. The van der Waals surface area contributed by atoms with Gasteiger partial charge in [0.15, 0.2) is 0 Å². The minimum atomic E-state index is -0.0537. The van der Waals surface area contributed by atoms with Gasteiger partial charge in [0.05, 0.1) is 5.69 Å². The molecule has 0 radical (unpaired) electrons. The fraction of sp³-hybridized carbons (Fsp3) is 0.412. The summed E-state index contributed by atoms with van der Waals surface area (Å²) in [6, 6.07) is 8.12. The first kappa shape index (κ1) is 16.2. The summed E-state index contributed by atoms with van der Waals surface area (Å²) in [5.74, 6) is -0.0537. The first-order valence-corrected chi connectivity index (χ1v) is 7.48. The smallest absolute Gasteiger partial charge is 0.221 e. The molecule has 0 bridgehead atoms. The summed E-state index contributed by atoms with van der Waals surface area (Å²) in [5, 5.41) is 10.8. The first-order valence-electron chi connectivity index (χ1n) is 7.48. The highest BCUT2D eigenvalue weighted by molar-refractivity contribution is 5.88. The second-order valence-corrected chi connectivity index (χ2v) is 5.69. The van der Waals surface area contributed by atoms with Gasteiger partial charge in [-0.25, -0.2) is 0 Å². The molecule has 1 aromatic heterocycles. The van der Waals surface area contributed by atoms with Gasteiger partial charge < -0.3 is 10.6 Å². The fourth-order valence-electron chi connectivity index (χ4n) is 2.70. The van der Waals surface area contributed by atoms with E-state index in [1.165, 1.54) is 23.7 Å². The zero-order valence-corrected chi connectivity index (χ0v) is 13.9. The molecule has 2 aromatic rings. The third kappa shape index (κ3) is 3.74. The molecule has 0 aliphatic carbocycles. The third-order valence-corrected chi connectivity index (χ3v) is 3.88. The zero-order chi connectivity index (χ0) is 16.3. The fourth-order valence-corrected chi connectivity index (χ4v) is 2.70. The normalized spacial score (nSPS) is 12.2. The number of nitrogens with one attached hydrogen (secondary N) is 2. The Morgan fingerprint density at radius 3 is 2.41 bits per heavy atom. The van der Waals surface area contributed by atoms with Crippen molar-refractivity contribution in [3.63, 3.8) is 0 Å². The van der Waals surface area contributed by atoms with E-state index in [1.54, 1.807) is 0 Å². The lowest BCUT2D eigenvalue weighted by Gasteiger charge is -2.15. The lowest BCUT2D eigenvalue weighted by atomic mass is 10.1. The number of rotatable bonds is 5. The highest BCUT2D eigenvalue weighted by atomic mass is 16.1. The van der Waals surface area contributed by atoms with Crippen LogP contribution < -0.4 is 10.6 Å². The van der Waals surface area contributed by atoms with Crippen LogP contribution in [-0.4, -0.2) is 15.7 Å². The number of amides is 1. The predicted octanol–water partition coefficient (Wildman–Crippen LogP) is 2.85. The number of hydrogen-bond acceptors (Lipinski definition) is 3. The summed E-state index contributed by atoms with van der Waals surface area (Å²) in [6.45, 7) is 8.58. The molecule has 1 heterocycles. The van der Waals surface area contributed by atoms with Gasteiger partial charge >= 0.3 is 0 Å². The standard InChI is InChI=1S/C17H24N4O/c1-11(17-12(2)20-21(5)13(17)3)18-10-15-6-8-16(9-7-15)19-14(4)22/h6-9,11,18H,10H2,1-5H3,(H,19,22). The molecule has 1 unspecified atom stereocenters. The summed E-state index contributed by atoms with van der Waals surface area (Å²) in [4.78, 5) is 11.0. The van der Waals surface area contributed by atoms with Crippen LogP contribution in [0.4, 0.5) is 5.69 Å². The van der Waals surface area contributed by atoms with Crippen LogP contribution in [0.5, 0.6) is 0 Å². The van der Waals surface area contributed by atoms with E-state index in [1.807, 2.05) is 42.9 Å². The Bertz CT molecular complexity index is 658. The minimum absolute atomic E-state index is 0.0537. The van der Waals surface area contributed by atoms with E-state index in [0.29, 0.717) is 0 Å². The number of aromatic nitrogens is 2. The van der Waals surface area contributed by atoms with Crippen LogP contribution in [-0.2, 0) is 18.4 Å². The number of nitrogens with zero attached hydrogens (tertiary/aromatic N) is 2. The van der Waals surface area contributed by atoms with Crippen molar-refractivity contribution in [2.75, 3.05) is 5.32 Å². The Morgan fingerprint density at radius 2 is 1.91 bits per heavy atom. The molecular weight excluding hydrogens is 276 g/mol. The molecule has 5 nitrogen and oxygen atoms in total. The van der Waals surface area contributed by atoms with Crippen LogP contribution in [0.25, 0.3) is 0 Å². The number of anilines is 1. The van der Waals surface area contributed by atoms with Crippen LogP contribution in [0.1, 0.15) is 42.4 Å². The molecule has 1 amide bonds. The molecule has 0 spiro atoms. The van der Waals surface area contributed by atoms with E-state index in [9.17, 15) is 4.79 Å². The average Bonchev–Trinajstić information content (AvgIpc) is 2.70. The first-order chi connectivity index (χ1) is 10.4. The Kier molecular flexibility index (Phi) is 4.98. The van der Waals surface area contributed by atoms with Gasteiger partial charge in [-0.2, -0.15) is 5.10 Å². The van der Waals surface area contributed by atoms with Crippen molar-refractivity contribution in [3.05, 3.63) is 46.8 Å². The van der Waals surface area contributed by atoms with Gasteiger partial charge in [-0.15, -0.1) is 0 Å². The van der Waals surface area contributed by atoms with E-state index in [4.69, 9.17) is 0 Å². The number of carbonyl (C=O) groups is 1. The SMILES string of the molecule is CC(=O)Nc1ccc(CNC(C)c2c(C)nn(C)c2C)cc1. The Morgan fingerprint density at radius 1 is 1.27 bits per heavy atom. The Hall–Kier alpha value is -2.14. The summed E-state index contributed by atoms with van der Waals surface area (Å²) < 4.78 is 1.92. The average molecular weight is 300 g/mol. The largest absolute Gasteiger partial charge is 0.326 e. The molecule has 0 saturated heterocycles. The quantitative estimate of drug-likeness (QED) is 0.892. The second kappa shape index (κ2) is 6.75. The maximum absolute atomic E-state index is 11.0. The van der Waals surface area contributed by atoms with Gasteiger partial charge in [-0.05, 0) is 38.5 Å². The molecule has 1 aromatic carbocycles. The van der Waals surface area contributed by atoms with Gasteiger partial charge in [0.2, 0.25) is 5.91 Å². The molecule has 5 heteroatoms. The van der Waals surface area contributed by atoms with Gasteiger partial charge in [-0.1, -0.05) is 12.1 Å². The lowest BCUT2D eigenvalue weighted by molar-refractivity contribution is -0.114. The van der Waals surface area contributed by atoms with E-state index < -0.39 is 0 Å². The van der Waals surface area contributed by atoms with Gasteiger partial charge in [0.1, 0.15) is 0 Å². The number of hydrogen-bond donors (Lipinski definition) is 2. The Labute approximate surface area is 131 Å². The van der Waals surface area contributed by atoms with Crippen LogP contribution in [0.15, 0.2) is 24.3 Å². The monoisotopic (exact) mass is 300 g/mol. The summed E-state index contributed by atoms with van der Waals surface area (Å²) >= 11 is 0. The number of carbonyl (C=O) groups excluding carboxylic acids is 1. The molecular formula is C17H24N4O. The topological polar surface area (TPSA) is 59.0 Å². The summed E-state index contributed by atoms with van der Waals surface area (Å²) in [5.41, 5.74) is 5.53. The van der Waals surface area contributed by atoms with Crippen molar-refractivity contribution >= 4 is 11.6 Å². The van der Waals surface area contributed by atoms with Crippen LogP contribution in [0.2, 0.25) is 0 Å². The maximum atomic E-state index is 11.0. The molecule has 22 heavy (non-hydrogen) atoms. The second-order valence-electron chi connectivity index (χ2n) is 5.69.